The normalized spacial score (nSPS) is 12.8. The Kier molecular flexibility index (Phi) is 6.74. The van der Waals surface area contributed by atoms with Crippen molar-refractivity contribution < 1.29 is 14.4 Å². The predicted octanol–water partition coefficient (Wildman–Crippen LogP) is 4.23. The fourth-order valence-electron chi connectivity index (χ4n) is 4.04. The molecule has 3 amide bonds. The molecule has 1 atom stereocenters. The minimum Gasteiger partial charge on any atom is -0.318 e. The lowest BCUT2D eigenvalue weighted by atomic mass is 10.0. The number of thiazole rings is 1. The molecule has 8 nitrogen and oxygen atoms in total. The van der Waals surface area contributed by atoms with Gasteiger partial charge in [0.25, 0.3) is 11.8 Å². The summed E-state index contributed by atoms with van der Waals surface area (Å²) in [5.41, 5.74) is 3.41. The Morgan fingerprint density at radius 1 is 1.00 bits per heavy atom. The molecule has 0 radical (unpaired) electrons. The van der Waals surface area contributed by atoms with Gasteiger partial charge in [0.15, 0.2) is 5.13 Å². The molecule has 0 saturated carbocycles. The number of hydrogen-bond donors (Lipinski definition) is 2. The number of aromatic nitrogens is 2. The van der Waals surface area contributed by atoms with Crippen molar-refractivity contribution in [1.82, 2.24) is 14.9 Å². The number of pyridine rings is 1. The Labute approximate surface area is 217 Å². The molecule has 5 rings (SSSR count). The molecule has 3 heterocycles. The van der Waals surface area contributed by atoms with Crippen LogP contribution >= 0.6 is 11.3 Å². The van der Waals surface area contributed by atoms with Crippen LogP contribution < -0.4 is 10.6 Å². The SMILES string of the molecule is CC(=O)Nc1ccc(C#Cc2ccc3c(c2)C(=O)N(C(C(=O)Nc2nccs2)c2ccccc2)C3)cn1. The molecule has 0 aliphatic carbocycles. The Balaban J connectivity index is 1.38. The number of anilines is 2. The van der Waals surface area contributed by atoms with Gasteiger partial charge >= 0.3 is 0 Å². The summed E-state index contributed by atoms with van der Waals surface area (Å²) in [5.74, 6) is 5.80. The average Bonchev–Trinajstić information content (AvgIpc) is 3.52. The number of benzene rings is 2. The van der Waals surface area contributed by atoms with E-state index in [0.29, 0.717) is 39.7 Å². The highest BCUT2D eigenvalue weighted by atomic mass is 32.1. The number of nitrogens with zero attached hydrogens (tertiary/aromatic N) is 3. The summed E-state index contributed by atoms with van der Waals surface area (Å²) < 4.78 is 0. The van der Waals surface area contributed by atoms with Gasteiger partial charge in [0.05, 0.1) is 0 Å². The first-order valence-electron chi connectivity index (χ1n) is 11.4. The molecule has 0 saturated heterocycles. The van der Waals surface area contributed by atoms with Crippen molar-refractivity contribution in [2.24, 2.45) is 0 Å². The maximum Gasteiger partial charge on any atom is 0.255 e. The second kappa shape index (κ2) is 10.4. The Hall–Kier alpha value is -4.81. The van der Waals surface area contributed by atoms with Crippen LogP contribution in [0, 0.1) is 11.8 Å². The molecule has 0 spiro atoms. The van der Waals surface area contributed by atoms with E-state index in [2.05, 4.69) is 32.4 Å². The molecule has 2 N–H and O–H groups in total. The van der Waals surface area contributed by atoms with Crippen molar-refractivity contribution in [2.45, 2.75) is 19.5 Å². The highest BCUT2D eigenvalue weighted by Crippen LogP contribution is 2.33. The van der Waals surface area contributed by atoms with Crippen LogP contribution in [0.5, 0.6) is 0 Å². The highest BCUT2D eigenvalue weighted by molar-refractivity contribution is 7.13. The van der Waals surface area contributed by atoms with Gasteiger partial charge in [-0.2, -0.15) is 0 Å². The maximum atomic E-state index is 13.5. The highest BCUT2D eigenvalue weighted by Gasteiger charge is 2.37. The molecular formula is C28H21N5O3S. The van der Waals surface area contributed by atoms with Crippen molar-refractivity contribution in [3.63, 3.8) is 0 Å². The van der Waals surface area contributed by atoms with Crippen LogP contribution in [0.15, 0.2) is 78.4 Å². The topological polar surface area (TPSA) is 104 Å². The van der Waals surface area contributed by atoms with Gasteiger partial charge in [-0.15, -0.1) is 11.3 Å². The minimum absolute atomic E-state index is 0.196. The van der Waals surface area contributed by atoms with Crippen LogP contribution in [0.1, 0.15) is 45.6 Å². The molecular weight excluding hydrogens is 486 g/mol. The number of nitrogens with one attached hydrogen (secondary N) is 2. The number of fused-ring (bicyclic) bond motifs is 1. The first kappa shape index (κ1) is 23.9. The minimum atomic E-state index is -0.812. The number of amides is 3. The lowest BCUT2D eigenvalue weighted by Gasteiger charge is -2.27. The molecule has 0 bridgehead atoms. The summed E-state index contributed by atoms with van der Waals surface area (Å²) in [6.45, 7) is 1.72. The number of hydrogen-bond acceptors (Lipinski definition) is 6. The van der Waals surface area contributed by atoms with Crippen LogP contribution in [0.4, 0.5) is 10.9 Å². The van der Waals surface area contributed by atoms with Crippen molar-refractivity contribution >= 4 is 40.0 Å². The van der Waals surface area contributed by atoms with Crippen molar-refractivity contribution in [2.75, 3.05) is 10.6 Å². The summed E-state index contributed by atoms with van der Waals surface area (Å²) in [7, 11) is 0. The van der Waals surface area contributed by atoms with Crippen LogP contribution in [0.3, 0.4) is 0 Å². The van der Waals surface area contributed by atoms with E-state index in [0.717, 1.165) is 5.56 Å². The molecule has 2 aromatic heterocycles. The van der Waals surface area contributed by atoms with Crippen molar-refractivity contribution in [3.8, 4) is 11.8 Å². The summed E-state index contributed by atoms with van der Waals surface area (Å²) in [6, 6.07) is 17.3. The molecule has 1 unspecified atom stereocenters. The van der Waals surface area contributed by atoms with E-state index >= 15 is 0 Å². The maximum absolute atomic E-state index is 13.5. The van der Waals surface area contributed by atoms with Gasteiger partial charge in [-0.05, 0) is 35.4 Å². The zero-order valence-corrected chi connectivity index (χ0v) is 20.6. The first-order chi connectivity index (χ1) is 18.0. The van der Waals surface area contributed by atoms with Crippen LogP contribution in [-0.2, 0) is 16.1 Å². The van der Waals surface area contributed by atoms with Crippen molar-refractivity contribution in [1.29, 1.82) is 0 Å². The molecule has 37 heavy (non-hydrogen) atoms. The van der Waals surface area contributed by atoms with Gasteiger partial charge in [-0.25, -0.2) is 9.97 Å². The molecule has 182 valence electrons. The molecule has 1 aliphatic heterocycles. The van der Waals surface area contributed by atoms with Crippen LogP contribution in [0.2, 0.25) is 0 Å². The zero-order chi connectivity index (χ0) is 25.8. The number of carbonyl (C=O) groups is 3. The van der Waals surface area contributed by atoms with E-state index < -0.39 is 6.04 Å². The van der Waals surface area contributed by atoms with E-state index in [1.54, 1.807) is 40.9 Å². The van der Waals surface area contributed by atoms with E-state index in [1.807, 2.05) is 42.5 Å². The van der Waals surface area contributed by atoms with Gasteiger partial charge in [0, 0.05) is 47.9 Å². The summed E-state index contributed by atoms with van der Waals surface area (Å²) >= 11 is 1.32. The van der Waals surface area contributed by atoms with Gasteiger partial charge in [0.2, 0.25) is 5.91 Å². The Bertz CT molecular complexity index is 1520. The third kappa shape index (κ3) is 5.39. The Morgan fingerprint density at radius 2 is 1.78 bits per heavy atom. The number of rotatable bonds is 5. The Morgan fingerprint density at radius 3 is 2.49 bits per heavy atom. The smallest absolute Gasteiger partial charge is 0.255 e. The van der Waals surface area contributed by atoms with Gasteiger partial charge in [-0.3, -0.25) is 19.7 Å². The molecule has 1 aliphatic rings. The zero-order valence-electron chi connectivity index (χ0n) is 19.8. The monoisotopic (exact) mass is 507 g/mol. The summed E-state index contributed by atoms with van der Waals surface area (Å²) in [5, 5.41) is 7.70. The third-order valence-electron chi connectivity index (χ3n) is 5.70. The van der Waals surface area contributed by atoms with E-state index in [1.165, 1.54) is 18.3 Å². The number of carbonyl (C=O) groups excluding carboxylic acids is 3. The van der Waals surface area contributed by atoms with Gasteiger partial charge in [-0.1, -0.05) is 48.2 Å². The fourth-order valence-corrected chi connectivity index (χ4v) is 4.58. The standard InChI is InChI=1S/C28H21N5O3S/c1-18(34)31-24-12-10-20(16-30-24)8-7-19-9-11-22-17-33(27(36)23(22)15-19)25(21-5-3-2-4-6-21)26(35)32-28-29-13-14-37-28/h2-6,9-16,25H,17H2,1H3,(H,29,32,35)(H,30,31,34). The van der Waals surface area contributed by atoms with E-state index in [4.69, 9.17) is 0 Å². The fraction of sp³-hybridized carbons (Fsp3) is 0.107. The van der Waals surface area contributed by atoms with E-state index in [9.17, 15) is 14.4 Å². The first-order valence-corrected chi connectivity index (χ1v) is 12.3. The molecule has 9 heteroatoms. The lowest BCUT2D eigenvalue weighted by Crippen LogP contribution is -2.37. The third-order valence-corrected chi connectivity index (χ3v) is 6.39. The van der Waals surface area contributed by atoms with Crippen LogP contribution in [0.25, 0.3) is 0 Å². The second-order valence-corrected chi connectivity index (χ2v) is 9.20. The summed E-state index contributed by atoms with van der Waals surface area (Å²) in [4.78, 5) is 47.8. The van der Waals surface area contributed by atoms with Crippen molar-refractivity contribution in [3.05, 3.63) is 106 Å². The average molecular weight is 508 g/mol. The molecule has 0 fully saturated rings. The largest absolute Gasteiger partial charge is 0.318 e. The molecule has 2 aromatic carbocycles. The van der Waals surface area contributed by atoms with Gasteiger partial charge in [0.1, 0.15) is 11.9 Å². The molecule has 4 aromatic rings. The van der Waals surface area contributed by atoms with Crippen LogP contribution in [-0.4, -0.2) is 32.6 Å². The second-order valence-electron chi connectivity index (χ2n) is 8.31. The van der Waals surface area contributed by atoms with E-state index in [-0.39, 0.29) is 17.7 Å². The van der Waals surface area contributed by atoms with Gasteiger partial charge < -0.3 is 10.2 Å². The summed E-state index contributed by atoms with van der Waals surface area (Å²) in [6.07, 6.45) is 3.19. The predicted molar refractivity (Wildman–Crippen MR) is 141 cm³/mol. The lowest BCUT2D eigenvalue weighted by molar-refractivity contribution is -0.120. The quantitative estimate of drug-likeness (QED) is 0.394.